The van der Waals surface area contributed by atoms with Crippen LogP contribution in [0.15, 0.2) is 24.3 Å². The Balaban J connectivity index is 2.34. The van der Waals surface area contributed by atoms with Crippen LogP contribution in [-0.2, 0) is 10.2 Å². The van der Waals surface area contributed by atoms with E-state index in [0.29, 0.717) is 6.54 Å². The molecule has 0 aromatic heterocycles. The molecule has 18 heavy (non-hydrogen) atoms. The molecule has 1 aliphatic heterocycles. The third-order valence-corrected chi connectivity index (χ3v) is 3.92. The molecule has 1 fully saturated rings. The van der Waals surface area contributed by atoms with E-state index < -0.39 is 0 Å². The van der Waals surface area contributed by atoms with Crippen molar-refractivity contribution in [2.45, 2.75) is 44.1 Å². The van der Waals surface area contributed by atoms with Crippen molar-refractivity contribution in [3.63, 3.8) is 0 Å². The molecule has 1 atom stereocenters. The Bertz CT molecular complexity index is 397. The highest BCUT2D eigenvalue weighted by Crippen LogP contribution is 2.43. The van der Waals surface area contributed by atoms with Crippen molar-refractivity contribution in [1.29, 1.82) is 0 Å². The molecule has 1 aromatic rings. The third kappa shape index (κ3) is 2.73. The van der Waals surface area contributed by atoms with Gasteiger partial charge in [0.15, 0.2) is 0 Å². The first-order chi connectivity index (χ1) is 8.47. The zero-order valence-corrected chi connectivity index (χ0v) is 11.2. The molecule has 0 spiro atoms. The highest BCUT2D eigenvalue weighted by molar-refractivity contribution is 5.27. The summed E-state index contributed by atoms with van der Waals surface area (Å²) in [5, 5.41) is 0. The molecule has 1 saturated heterocycles. The lowest BCUT2D eigenvalue weighted by Crippen LogP contribution is -2.45. The second kappa shape index (κ2) is 4.98. The van der Waals surface area contributed by atoms with Crippen LogP contribution in [0.2, 0.25) is 0 Å². The molecular formula is C15H22FNO. The second-order valence-electron chi connectivity index (χ2n) is 5.86. The lowest BCUT2D eigenvalue weighted by Gasteiger charge is -2.45. The third-order valence-electron chi connectivity index (χ3n) is 3.92. The Morgan fingerprint density at radius 1 is 1.28 bits per heavy atom. The van der Waals surface area contributed by atoms with Crippen molar-refractivity contribution in [1.82, 2.24) is 0 Å². The van der Waals surface area contributed by atoms with E-state index in [1.807, 2.05) is 12.1 Å². The van der Waals surface area contributed by atoms with Crippen LogP contribution in [0.3, 0.4) is 0 Å². The molecule has 0 unspecified atom stereocenters. The fourth-order valence-corrected chi connectivity index (χ4v) is 3.16. The summed E-state index contributed by atoms with van der Waals surface area (Å²) >= 11 is 0. The lowest BCUT2D eigenvalue weighted by molar-refractivity contribution is -0.0836. The van der Waals surface area contributed by atoms with Crippen molar-refractivity contribution >= 4 is 0 Å². The van der Waals surface area contributed by atoms with Crippen LogP contribution >= 0.6 is 0 Å². The van der Waals surface area contributed by atoms with E-state index in [-0.39, 0.29) is 16.8 Å². The normalized spacial score (nSPS) is 27.1. The summed E-state index contributed by atoms with van der Waals surface area (Å²) in [6.07, 6.45) is 2.81. The van der Waals surface area contributed by atoms with Crippen LogP contribution < -0.4 is 5.73 Å². The Kier molecular flexibility index (Phi) is 3.74. The van der Waals surface area contributed by atoms with Gasteiger partial charge in [-0.3, -0.25) is 0 Å². The summed E-state index contributed by atoms with van der Waals surface area (Å²) in [5.74, 6) is -0.187. The van der Waals surface area contributed by atoms with E-state index in [9.17, 15) is 4.39 Å². The van der Waals surface area contributed by atoms with Gasteiger partial charge in [0.25, 0.3) is 0 Å². The van der Waals surface area contributed by atoms with E-state index in [0.717, 1.165) is 25.9 Å². The molecule has 0 radical (unpaired) electrons. The number of benzene rings is 1. The fraction of sp³-hybridized carbons (Fsp3) is 0.600. The second-order valence-corrected chi connectivity index (χ2v) is 5.86. The molecule has 3 heteroatoms. The van der Waals surface area contributed by atoms with Gasteiger partial charge in [0.1, 0.15) is 5.82 Å². The molecule has 100 valence electrons. The van der Waals surface area contributed by atoms with Crippen LogP contribution in [0, 0.1) is 5.82 Å². The number of rotatable bonds is 3. The van der Waals surface area contributed by atoms with Gasteiger partial charge < -0.3 is 10.5 Å². The van der Waals surface area contributed by atoms with Gasteiger partial charge in [0, 0.05) is 12.0 Å². The molecule has 0 bridgehead atoms. The minimum absolute atomic E-state index is 0.0319. The zero-order chi connectivity index (χ0) is 13.2. The van der Waals surface area contributed by atoms with Crippen molar-refractivity contribution in [3.05, 3.63) is 35.6 Å². The molecule has 1 aliphatic rings. The highest BCUT2D eigenvalue weighted by Gasteiger charge is 2.41. The zero-order valence-electron chi connectivity index (χ0n) is 11.2. The van der Waals surface area contributed by atoms with Gasteiger partial charge in [-0.2, -0.15) is 0 Å². The molecular weight excluding hydrogens is 229 g/mol. The van der Waals surface area contributed by atoms with Gasteiger partial charge in [0.2, 0.25) is 0 Å². The number of hydrogen-bond donors (Lipinski definition) is 1. The monoisotopic (exact) mass is 251 g/mol. The first-order valence-electron chi connectivity index (χ1n) is 6.58. The van der Waals surface area contributed by atoms with Gasteiger partial charge >= 0.3 is 0 Å². The largest absolute Gasteiger partial charge is 0.376 e. The smallest absolute Gasteiger partial charge is 0.123 e. The molecule has 2 nitrogen and oxygen atoms in total. The summed E-state index contributed by atoms with van der Waals surface area (Å²) in [4.78, 5) is 0. The first-order valence-corrected chi connectivity index (χ1v) is 6.58. The predicted molar refractivity (Wildman–Crippen MR) is 71.0 cm³/mol. The molecule has 0 saturated carbocycles. The lowest BCUT2D eigenvalue weighted by atomic mass is 9.67. The Labute approximate surface area is 108 Å². The average Bonchev–Trinajstić information content (AvgIpc) is 2.28. The van der Waals surface area contributed by atoms with Crippen molar-refractivity contribution in [2.75, 3.05) is 13.2 Å². The number of nitrogens with two attached hydrogens (primary N) is 1. The van der Waals surface area contributed by atoms with Crippen LogP contribution in [0.5, 0.6) is 0 Å². The Hall–Kier alpha value is -0.930. The van der Waals surface area contributed by atoms with E-state index in [4.69, 9.17) is 10.5 Å². The minimum atomic E-state index is -0.187. The maximum Gasteiger partial charge on any atom is 0.123 e. The topological polar surface area (TPSA) is 35.2 Å². The van der Waals surface area contributed by atoms with Gasteiger partial charge in [-0.1, -0.05) is 12.1 Å². The van der Waals surface area contributed by atoms with Gasteiger partial charge in [-0.25, -0.2) is 4.39 Å². The van der Waals surface area contributed by atoms with E-state index in [2.05, 4.69) is 13.8 Å². The molecule has 1 heterocycles. The van der Waals surface area contributed by atoms with E-state index in [1.165, 1.54) is 17.7 Å². The van der Waals surface area contributed by atoms with Gasteiger partial charge in [-0.05, 0) is 57.4 Å². The summed E-state index contributed by atoms with van der Waals surface area (Å²) < 4.78 is 18.9. The number of halogens is 1. The summed E-state index contributed by atoms with van der Waals surface area (Å²) in [5.41, 5.74) is 6.87. The van der Waals surface area contributed by atoms with E-state index in [1.54, 1.807) is 0 Å². The minimum Gasteiger partial charge on any atom is -0.376 e. The molecule has 0 amide bonds. The SMILES string of the molecule is CC1(C)C[C@@](CCN)(c2ccc(F)cc2)CCO1. The van der Waals surface area contributed by atoms with Crippen LogP contribution in [-0.4, -0.2) is 18.8 Å². The van der Waals surface area contributed by atoms with E-state index >= 15 is 0 Å². The standard InChI is InChI=1S/C15H22FNO/c1-14(2)11-15(7-9-17,8-10-18-14)12-3-5-13(16)6-4-12/h3-6H,7-11,17H2,1-2H3/t15-/m0/s1. The number of hydrogen-bond acceptors (Lipinski definition) is 2. The van der Waals surface area contributed by atoms with Crippen LogP contribution in [0.4, 0.5) is 4.39 Å². The van der Waals surface area contributed by atoms with Crippen molar-refractivity contribution < 1.29 is 9.13 Å². The first kappa shape index (κ1) is 13.5. The Morgan fingerprint density at radius 3 is 2.50 bits per heavy atom. The van der Waals surface area contributed by atoms with Gasteiger partial charge in [0.05, 0.1) is 5.60 Å². The van der Waals surface area contributed by atoms with Crippen molar-refractivity contribution in [3.8, 4) is 0 Å². The average molecular weight is 251 g/mol. The highest BCUT2D eigenvalue weighted by atomic mass is 19.1. The number of ether oxygens (including phenoxy) is 1. The van der Waals surface area contributed by atoms with Crippen LogP contribution in [0.25, 0.3) is 0 Å². The quantitative estimate of drug-likeness (QED) is 0.896. The van der Waals surface area contributed by atoms with Gasteiger partial charge in [-0.15, -0.1) is 0 Å². The molecule has 2 rings (SSSR count). The maximum absolute atomic E-state index is 13.1. The van der Waals surface area contributed by atoms with Crippen molar-refractivity contribution in [2.24, 2.45) is 5.73 Å². The molecule has 1 aromatic carbocycles. The predicted octanol–water partition coefficient (Wildman–Crippen LogP) is 3.00. The fourth-order valence-electron chi connectivity index (χ4n) is 3.16. The summed E-state index contributed by atoms with van der Waals surface area (Å²) in [7, 11) is 0. The van der Waals surface area contributed by atoms with Crippen LogP contribution in [0.1, 0.15) is 38.7 Å². The molecule has 2 N–H and O–H groups in total. The Morgan fingerprint density at radius 2 is 1.94 bits per heavy atom. The summed E-state index contributed by atoms with van der Waals surface area (Å²) in [6, 6.07) is 6.87. The maximum atomic E-state index is 13.1. The molecule has 0 aliphatic carbocycles. The summed E-state index contributed by atoms with van der Waals surface area (Å²) in [6.45, 7) is 5.61.